The van der Waals surface area contributed by atoms with E-state index in [2.05, 4.69) is 32.6 Å². The molecule has 0 aromatic rings. The topological polar surface area (TPSA) is 60.7 Å². The fourth-order valence-electron chi connectivity index (χ4n) is 6.61. The van der Waals surface area contributed by atoms with Gasteiger partial charge in [-0.3, -0.25) is 0 Å². The highest BCUT2D eigenvalue weighted by molar-refractivity contribution is 5.38. The van der Waals surface area contributed by atoms with Crippen molar-refractivity contribution in [3.63, 3.8) is 0 Å². The molecule has 3 aliphatic carbocycles. The molecule has 3 rings (SSSR count). The van der Waals surface area contributed by atoms with E-state index >= 15 is 0 Å². The first-order valence-corrected chi connectivity index (χ1v) is 11.2. The third kappa shape index (κ3) is 4.47. The van der Waals surface area contributed by atoms with Gasteiger partial charge in [0.25, 0.3) is 0 Å². The van der Waals surface area contributed by atoms with Crippen molar-refractivity contribution in [1.29, 1.82) is 0 Å². The SMILES string of the molecule is C=C1/C(=C\C=C2/CCC[C@@]3(C)C2CCC3C(C)CC(C)(C)O)CC(O)C[C@@H]1O. The molecular formula is C25H40O3. The molecule has 0 bridgehead atoms. The smallest absolute Gasteiger partial charge is 0.0811 e. The Bertz CT molecular complexity index is 653. The highest BCUT2D eigenvalue weighted by Crippen LogP contribution is 2.60. The van der Waals surface area contributed by atoms with E-state index in [1.807, 2.05) is 13.8 Å². The van der Waals surface area contributed by atoms with Crippen molar-refractivity contribution in [3.05, 3.63) is 35.5 Å². The van der Waals surface area contributed by atoms with Crippen LogP contribution >= 0.6 is 0 Å². The molecule has 0 heterocycles. The predicted octanol–water partition coefficient (Wildman–Crippen LogP) is 4.92. The fraction of sp³-hybridized carbons (Fsp3) is 0.760. The van der Waals surface area contributed by atoms with Crippen LogP contribution in [-0.2, 0) is 0 Å². The Morgan fingerprint density at radius 3 is 2.64 bits per heavy atom. The standard InChI is InChI=1S/C25H40O3/c1-16(15-24(3,4)28)21-10-11-22-18(7-6-12-25(21,22)5)8-9-19-13-20(26)14-23(27)17(19)2/h8-9,16,20-23,26-28H,2,6-7,10-15H2,1,3-5H3/b18-8+,19-9-/t16?,20?,21?,22?,23-,25+/m0/s1. The van der Waals surface area contributed by atoms with Crippen molar-refractivity contribution in [1.82, 2.24) is 0 Å². The number of hydrogen-bond donors (Lipinski definition) is 3. The first kappa shape index (κ1) is 21.8. The molecule has 0 amide bonds. The maximum Gasteiger partial charge on any atom is 0.0811 e. The molecule has 28 heavy (non-hydrogen) atoms. The second kappa shape index (κ2) is 8.08. The summed E-state index contributed by atoms with van der Waals surface area (Å²) in [5.74, 6) is 1.80. The lowest BCUT2D eigenvalue weighted by atomic mass is 9.60. The maximum atomic E-state index is 10.3. The normalized spacial score (nSPS) is 40.8. The molecule has 6 atom stereocenters. The summed E-state index contributed by atoms with van der Waals surface area (Å²) in [4.78, 5) is 0. The monoisotopic (exact) mass is 388 g/mol. The summed E-state index contributed by atoms with van der Waals surface area (Å²) in [5.41, 5.74) is 3.01. The van der Waals surface area contributed by atoms with E-state index in [0.29, 0.717) is 36.0 Å². The first-order chi connectivity index (χ1) is 13.0. The number of rotatable bonds is 4. The Morgan fingerprint density at radius 1 is 1.25 bits per heavy atom. The summed E-state index contributed by atoms with van der Waals surface area (Å²) >= 11 is 0. The third-order valence-electron chi connectivity index (χ3n) is 7.81. The molecule has 3 heteroatoms. The van der Waals surface area contributed by atoms with E-state index in [1.165, 1.54) is 31.3 Å². The van der Waals surface area contributed by atoms with E-state index in [-0.39, 0.29) is 0 Å². The summed E-state index contributed by atoms with van der Waals surface area (Å²) in [6.07, 6.45) is 11.3. The van der Waals surface area contributed by atoms with E-state index in [0.717, 1.165) is 24.0 Å². The van der Waals surface area contributed by atoms with Gasteiger partial charge in [-0.25, -0.2) is 0 Å². The Morgan fingerprint density at radius 2 is 1.96 bits per heavy atom. The van der Waals surface area contributed by atoms with Crippen molar-refractivity contribution in [2.45, 2.75) is 96.9 Å². The van der Waals surface area contributed by atoms with Crippen molar-refractivity contribution in [2.24, 2.45) is 23.2 Å². The van der Waals surface area contributed by atoms with Crippen LogP contribution in [0.4, 0.5) is 0 Å². The summed E-state index contributed by atoms with van der Waals surface area (Å²) in [6, 6.07) is 0. The van der Waals surface area contributed by atoms with E-state index < -0.39 is 17.8 Å². The molecular weight excluding hydrogens is 348 g/mol. The van der Waals surface area contributed by atoms with Gasteiger partial charge in [-0.15, -0.1) is 0 Å². The zero-order chi connectivity index (χ0) is 20.7. The Labute approximate surface area is 171 Å². The molecule has 0 aromatic carbocycles. The second-order valence-corrected chi connectivity index (χ2v) is 10.7. The van der Waals surface area contributed by atoms with Gasteiger partial charge in [-0.1, -0.05) is 38.2 Å². The summed E-state index contributed by atoms with van der Waals surface area (Å²) in [6.45, 7) is 12.7. The van der Waals surface area contributed by atoms with Crippen LogP contribution in [-0.4, -0.2) is 33.1 Å². The Hall–Kier alpha value is -0.900. The quantitative estimate of drug-likeness (QED) is 0.640. The van der Waals surface area contributed by atoms with Gasteiger partial charge in [0.2, 0.25) is 0 Å². The van der Waals surface area contributed by atoms with Crippen molar-refractivity contribution >= 4 is 0 Å². The largest absolute Gasteiger partial charge is 0.393 e. The van der Waals surface area contributed by atoms with Gasteiger partial charge in [0, 0.05) is 6.42 Å². The van der Waals surface area contributed by atoms with Gasteiger partial charge in [0.05, 0.1) is 17.8 Å². The highest BCUT2D eigenvalue weighted by atomic mass is 16.3. The van der Waals surface area contributed by atoms with E-state index in [1.54, 1.807) is 0 Å². The predicted molar refractivity (Wildman–Crippen MR) is 115 cm³/mol. The zero-order valence-electron chi connectivity index (χ0n) is 18.2. The Kier molecular flexibility index (Phi) is 6.29. The minimum atomic E-state index is -0.622. The molecule has 3 aliphatic rings. The average Bonchev–Trinajstić information content (AvgIpc) is 2.93. The minimum Gasteiger partial charge on any atom is -0.393 e. The molecule has 3 saturated carbocycles. The second-order valence-electron chi connectivity index (χ2n) is 10.7. The lowest BCUT2D eigenvalue weighted by Gasteiger charge is -2.45. The van der Waals surface area contributed by atoms with Crippen molar-refractivity contribution in [3.8, 4) is 0 Å². The summed E-state index contributed by atoms with van der Waals surface area (Å²) in [7, 11) is 0. The van der Waals surface area contributed by atoms with Crippen LogP contribution in [0.15, 0.2) is 35.5 Å². The summed E-state index contributed by atoms with van der Waals surface area (Å²) < 4.78 is 0. The summed E-state index contributed by atoms with van der Waals surface area (Å²) in [5, 5.41) is 30.4. The van der Waals surface area contributed by atoms with Crippen LogP contribution in [0.5, 0.6) is 0 Å². The van der Waals surface area contributed by atoms with Gasteiger partial charge < -0.3 is 15.3 Å². The zero-order valence-corrected chi connectivity index (χ0v) is 18.2. The van der Waals surface area contributed by atoms with Gasteiger partial charge in [-0.05, 0) is 93.1 Å². The molecule has 0 spiro atoms. The number of aliphatic hydroxyl groups excluding tert-OH is 2. The lowest BCUT2D eigenvalue weighted by molar-refractivity contribution is 0.0193. The molecule has 0 aliphatic heterocycles. The van der Waals surface area contributed by atoms with Crippen LogP contribution in [0, 0.1) is 23.2 Å². The first-order valence-electron chi connectivity index (χ1n) is 11.2. The average molecular weight is 389 g/mol. The van der Waals surface area contributed by atoms with Gasteiger partial charge in [0.1, 0.15) is 0 Å². The maximum absolute atomic E-state index is 10.3. The van der Waals surface area contributed by atoms with Crippen LogP contribution in [0.2, 0.25) is 0 Å². The number of hydrogen-bond acceptors (Lipinski definition) is 3. The van der Waals surface area contributed by atoms with Gasteiger partial charge >= 0.3 is 0 Å². The molecule has 3 fully saturated rings. The number of allylic oxidation sites excluding steroid dienone is 3. The molecule has 0 saturated heterocycles. The van der Waals surface area contributed by atoms with Crippen molar-refractivity contribution in [2.75, 3.05) is 0 Å². The molecule has 3 N–H and O–H groups in total. The Balaban J connectivity index is 1.79. The van der Waals surface area contributed by atoms with Crippen LogP contribution in [0.3, 0.4) is 0 Å². The van der Waals surface area contributed by atoms with Crippen LogP contribution in [0.1, 0.15) is 79.1 Å². The van der Waals surface area contributed by atoms with Crippen LogP contribution < -0.4 is 0 Å². The van der Waals surface area contributed by atoms with Gasteiger partial charge in [0.15, 0.2) is 0 Å². The molecule has 158 valence electrons. The lowest BCUT2D eigenvalue weighted by Crippen LogP contribution is -2.37. The third-order valence-corrected chi connectivity index (χ3v) is 7.81. The number of aliphatic hydroxyl groups is 3. The molecule has 4 unspecified atom stereocenters. The number of fused-ring (bicyclic) bond motifs is 1. The van der Waals surface area contributed by atoms with Gasteiger partial charge in [-0.2, -0.15) is 0 Å². The van der Waals surface area contributed by atoms with E-state index in [9.17, 15) is 15.3 Å². The highest BCUT2D eigenvalue weighted by Gasteiger charge is 2.51. The molecule has 3 nitrogen and oxygen atoms in total. The van der Waals surface area contributed by atoms with E-state index in [4.69, 9.17) is 0 Å². The fourth-order valence-corrected chi connectivity index (χ4v) is 6.61. The van der Waals surface area contributed by atoms with Crippen molar-refractivity contribution < 1.29 is 15.3 Å². The van der Waals surface area contributed by atoms with Crippen LogP contribution in [0.25, 0.3) is 0 Å². The minimum absolute atomic E-state index is 0.315. The molecule has 0 aromatic heterocycles. The molecule has 0 radical (unpaired) electrons.